The number of rotatable bonds is 7. The SMILES string of the molecule is Cc1occc1C(=O)N(C)C(Cc1ccccc1F)C1CCN(Cc2cccnc2)CC1. The molecule has 0 N–H and O–H groups in total. The van der Waals surface area contributed by atoms with Crippen molar-refractivity contribution >= 4 is 5.91 Å². The van der Waals surface area contributed by atoms with Crippen molar-refractivity contribution in [2.75, 3.05) is 20.1 Å². The number of carbonyl (C=O) groups is 1. The van der Waals surface area contributed by atoms with Crippen LogP contribution in [0.2, 0.25) is 0 Å². The maximum Gasteiger partial charge on any atom is 0.257 e. The van der Waals surface area contributed by atoms with Gasteiger partial charge < -0.3 is 9.32 Å². The monoisotopic (exact) mass is 435 g/mol. The first-order valence-corrected chi connectivity index (χ1v) is 11.2. The number of aryl methyl sites for hydroxylation is 1. The fraction of sp³-hybridized carbons (Fsp3) is 0.385. The summed E-state index contributed by atoms with van der Waals surface area (Å²) in [5, 5.41) is 0. The average molecular weight is 436 g/mol. The zero-order valence-electron chi connectivity index (χ0n) is 18.7. The molecule has 1 fully saturated rings. The van der Waals surface area contributed by atoms with Gasteiger partial charge in [0.1, 0.15) is 11.6 Å². The van der Waals surface area contributed by atoms with E-state index in [1.165, 1.54) is 11.6 Å². The molecule has 1 unspecified atom stereocenters. The Morgan fingerprint density at radius 3 is 2.66 bits per heavy atom. The second kappa shape index (κ2) is 10.1. The predicted octanol–water partition coefficient (Wildman–Crippen LogP) is 4.72. The Bertz CT molecular complexity index is 1030. The predicted molar refractivity (Wildman–Crippen MR) is 122 cm³/mol. The fourth-order valence-corrected chi connectivity index (χ4v) is 4.70. The third-order valence-corrected chi connectivity index (χ3v) is 6.60. The van der Waals surface area contributed by atoms with E-state index in [9.17, 15) is 9.18 Å². The first-order valence-electron chi connectivity index (χ1n) is 11.2. The lowest BCUT2D eigenvalue weighted by Crippen LogP contribution is -2.47. The lowest BCUT2D eigenvalue weighted by molar-refractivity contribution is 0.0581. The number of furan rings is 1. The van der Waals surface area contributed by atoms with Crippen molar-refractivity contribution in [3.05, 3.63) is 89.4 Å². The highest BCUT2D eigenvalue weighted by atomic mass is 19.1. The average Bonchev–Trinajstić information content (AvgIpc) is 3.25. The van der Waals surface area contributed by atoms with Crippen LogP contribution < -0.4 is 0 Å². The maximum atomic E-state index is 14.5. The lowest BCUT2D eigenvalue weighted by Gasteiger charge is -2.40. The number of likely N-dealkylation sites (N-methyl/N-ethyl adjacent to an activating group) is 1. The van der Waals surface area contributed by atoms with E-state index in [2.05, 4.69) is 16.0 Å². The largest absolute Gasteiger partial charge is 0.469 e. The minimum Gasteiger partial charge on any atom is -0.469 e. The molecule has 1 saturated heterocycles. The molecule has 0 saturated carbocycles. The minimum atomic E-state index is -0.216. The van der Waals surface area contributed by atoms with Crippen LogP contribution in [0.25, 0.3) is 0 Å². The van der Waals surface area contributed by atoms with Gasteiger partial charge >= 0.3 is 0 Å². The summed E-state index contributed by atoms with van der Waals surface area (Å²) >= 11 is 0. The van der Waals surface area contributed by atoms with Gasteiger partial charge in [-0.2, -0.15) is 0 Å². The molecule has 0 aliphatic carbocycles. The van der Waals surface area contributed by atoms with Crippen molar-refractivity contribution in [2.45, 2.75) is 38.8 Å². The Morgan fingerprint density at radius 1 is 1.22 bits per heavy atom. The summed E-state index contributed by atoms with van der Waals surface area (Å²) < 4.78 is 19.8. The van der Waals surface area contributed by atoms with Gasteiger partial charge in [-0.1, -0.05) is 24.3 Å². The normalized spacial score (nSPS) is 16.1. The molecule has 1 amide bonds. The van der Waals surface area contributed by atoms with Crippen LogP contribution in [0, 0.1) is 18.7 Å². The Labute approximate surface area is 188 Å². The van der Waals surface area contributed by atoms with Gasteiger partial charge in [-0.3, -0.25) is 14.7 Å². The van der Waals surface area contributed by atoms with Crippen LogP contribution >= 0.6 is 0 Å². The quantitative estimate of drug-likeness (QED) is 0.539. The third kappa shape index (κ3) is 5.07. The molecule has 0 spiro atoms. The highest BCUT2D eigenvalue weighted by Crippen LogP contribution is 2.29. The van der Waals surface area contributed by atoms with E-state index in [-0.39, 0.29) is 17.8 Å². The standard InChI is InChI=1S/C26H30FN3O2/c1-19-23(11-15-32-19)26(31)29(2)25(16-22-7-3-4-8-24(22)27)21-9-13-30(14-10-21)18-20-6-5-12-28-17-20/h3-8,11-12,15,17,21,25H,9-10,13-14,16,18H2,1-2H3. The van der Waals surface area contributed by atoms with Crippen molar-refractivity contribution < 1.29 is 13.6 Å². The summed E-state index contributed by atoms with van der Waals surface area (Å²) in [5.74, 6) is 0.612. The summed E-state index contributed by atoms with van der Waals surface area (Å²) in [4.78, 5) is 21.7. The number of halogens is 1. The number of piperidine rings is 1. The maximum absolute atomic E-state index is 14.5. The van der Waals surface area contributed by atoms with Crippen LogP contribution in [0.4, 0.5) is 4.39 Å². The van der Waals surface area contributed by atoms with E-state index < -0.39 is 0 Å². The molecular weight excluding hydrogens is 405 g/mol. The van der Waals surface area contributed by atoms with Crippen LogP contribution in [0.3, 0.4) is 0 Å². The molecule has 4 rings (SSSR count). The molecule has 5 nitrogen and oxygen atoms in total. The van der Waals surface area contributed by atoms with E-state index in [0.29, 0.717) is 29.2 Å². The summed E-state index contributed by atoms with van der Waals surface area (Å²) in [6.45, 7) is 4.56. The second-order valence-corrected chi connectivity index (χ2v) is 8.64. The van der Waals surface area contributed by atoms with Gasteiger partial charge in [0.2, 0.25) is 0 Å². The van der Waals surface area contributed by atoms with Crippen molar-refractivity contribution in [2.24, 2.45) is 5.92 Å². The first-order chi connectivity index (χ1) is 15.5. The molecule has 1 aliphatic heterocycles. The van der Waals surface area contributed by atoms with Gasteiger partial charge in [0, 0.05) is 32.0 Å². The van der Waals surface area contributed by atoms with E-state index in [1.807, 2.05) is 31.4 Å². The molecule has 32 heavy (non-hydrogen) atoms. The molecule has 168 valence electrons. The first kappa shape index (κ1) is 22.2. The minimum absolute atomic E-state index is 0.0737. The molecule has 0 bridgehead atoms. The van der Waals surface area contributed by atoms with E-state index in [4.69, 9.17) is 4.42 Å². The van der Waals surface area contributed by atoms with Gasteiger partial charge in [0.25, 0.3) is 5.91 Å². The number of pyridine rings is 1. The Hall–Kier alpha value is -2.99. The van der Waals surface area contributed by atoms with Crippen LogP contribution in [0.5, 0.6) is 0 Å². The number of carbonyl (C=O) groups excluding carboxylic acids is 1. The number of hydrogen-bond donors (Lipinski definition) is 0. The summed E-state index contributed by atoms with van der Waals surface area (Å²) in [7, 11) is 1.84. The number of likely N-dealkylation sites (tertiary alicyclic amines) is 1. The van der Waals surface area contributed by atoms with Crippen LogP contribution in [-0.2, 0) is 13.0 Å². The molecule has 3 heterocycles. The fourth-order valence-electron chi connectivity index (χ4n) is 4.70. The van der Waals surface area contributed by atoms with E-state index in [0.717, 1.165) is 32.5 Å². The summed E-state index contributed by atoms with van der Waals surface area (Å²) in [5.41, 5.74) is 2.43. The molecule has 0 radical (unpaired) electrons. The smallest absolute Gasteiger partial charge is 0.257 e. The Balaban J connectivity index is 1.49. The molecule has 1 aliphatic rings. The molecule has 1 aromatic carbocycles. The molecule has 1 atom stereocenters. The van der Waals surface area contributed by atoms with Crippen LogP contribution in [0.1, 0.15) is 40.1 Å². The van der Waals surface area contributed by atoms with Crippen LogP contribution in [-0.4, -0.2) is 46.9 Å². The molecule has 6 heteroatoms. The van der Waals surface area contributed by atoms with Gasteiger partial charge in [-0.25, -0.2) is 4.39 Å². The van der Waals surface area contributed by atoms with Crippen molar-refractivity contribution in [1.82, 2.24) is 14.8 Å². The van der Waals surface area contributed by atoms with E-state index in [1.54, 1.807) is 36.4 Å². The lowest BCUT2D eigenvalue weighted by atomic mass is 9.84. The summed E-state index contributed by atoms with van der Waals surface area (Å²) in [6, 6.07) is 12.6. The highest BCUT2D eigenvalue weighted by Gasteiger charge is 2.33. The van der Waals surface area contributed by atoms with Gasteiger partial charge in [0.05, 0.1) is 11.8 Å². The number of nitrogens with zero attached hydrogens (tertiary/aromatic N) is 3. The summed E-state index contributed by atoms with van der Waals surface area (Å²) in [6.07, 6.45) is 7.66. The van der Waals surface area contributed by atoms with Crippen molar-refractivity contribution in [3.63, 3.8) is 0 Å². The second-order valence-electron chi connectivity index (χ2n) is 8.64. The Kier molecular flexibility index (Phi) is 7.00. The number of hydrogen-bond acceptors (Lipinski definition) is 4. The third-order valence-electron chi connectivity index (χ3n) is 6.60. The number of amides is 1. The van der Waals surface area contributed by atoms with Crippen LogP contribution in [0.15, 0.2) is 65.5 Å². The molecule has 2 aromatic heterocycles. The molecular formula is C26H30FN3O2. The van der Waals surface area contributed by atoms with Gasteiger partial charge in [-0.05, 0) is 74.5 Å². The van der Waals surface area contributed by atoms with Gasteiger partial charge in [0.15, 0.2) is 0 Å². The number of benzene rings is 1. The zero-order chi connectivity index (χ0) is 22.5. The van der Waals surface area contributed by atoms with Gasteiger partial charge in [-0.15, -0.1) is 0 Å². The van der Waals surface area contributed by atoms with E-state index >= 15 is 0 Å². The highest BCUT2D eigenvalue weighted by molar-refractivity contribution is 5.95. The topological polar surface area (TPSA) is 49.6 Å². The molecule has 3 aromatic rings. The number of aromatic nitrogens is 1. The Morgan fingerprint density at radius 2 is 2.00 bits per heavy atom. The van der Waals surface area contributed by atoms with Crippen molar-refractivity contribution in [1.29, 1.82) is 0 Å². The zero-order valence-corrected chi connectivity index (χ0v) is 18.7. The van der Waals surface area contributed by atoms with Crippen molar-refractivity contribution in [3.8, 4) is 0 Å².